The fraction of sp³-hybridized carbons (Fsp3) is 0.0476. The monoisotopic (exact) mass is 395 g/mol. The highest BCUT2D eigenvalue weighted by Crippen LogP contribution is 2.19. The van der Waals surface area contributed by atoms with E-state index in [1.165, 1.54) is 29.5 Å². The normalized spacial score (nSPS) is 10.8. The number of benzene rings is 2. The third kappa shape index (κ3) is 5.52. The maximum absolute atomic E-state index is 13.1. The third-order valence-electron chi connectivity index (χ3n) is 3.78. The van der Waals surface area contributed by atoms with Crippen molar-refractivity contribution in [2.75, 3.05) is 16.4 Å². The van der Waals surface area contributed by atoms with Crippen LogP contribution in [0.2, 0.25) is 0 Å². The molecule has 0 aliphatic heterocycles. The third-order valence-corrected chi connectivity index (χ3v) is 4.66. The van der Waals surface area contributed by atoms with Crippen LogP contribution in [0.3, 0.4) is 0 Å². The second kappa shape index (κ2) is 8.96. The molecule has 0 bridgehead atoms. The highest BCUT2D eigenvalue weighted by atomic mass is 32.1. The lowest BCUT2D eigenvalue weighted by Crippen LogP contribution is -2.13. The van der Waals surface area contributed by atoms with Crippen molar-refractivity contribution in [2.45, 2.75) is 6.42 Å². The highest BCUT2D eigenvalue weighted by molar-refractivity contribution is 7.10. The number of carbonyl (C=O) groups is 2. The van der Waals surface area contributed by atoms with Crippen LogP contribution < -0.4 is 16.4 Å². The first-order chi connectivity index (χ1) is 13.5. The molecule has 7 heteroatoms. The number of thiophene rings is 1. The summed E-state index contributed by atoms with van der Waals surface area (Å²) in [6, 6.07) is 14.7. The van der Waals surface area contributed by atoms with Gasteiger partial charge in [0.25, 0.3) is 0 Å². The van der Waals surface area contributed by atoms with Crippen LogP contribution in [0, 0.1) is 5.82 Å². The van der Waals surface area contributed by atoms with Crippen LogP contribution in [0.15, 0.2) is 66.1 Å². The molecule has 0 spiro atoms. The van der Waals surface area contributed by atoms with Crippen molar-refractivity contribution in [1.82, 2.24) is 0 Å². The number of hydrogen-bond acceptors (Lipinski definition) is 4. The molecular formula is C21H18FN3O2S. The minimum absolute atomic E-state index is 0.104. The van der Waals surface area contributed by atoms with Crippen molar-refractivity contribution in [1.29, 1.82) is 0 Å². The molecule has 3 rings (SSSR count). The molecule has 0 fully saturated rings. The van der Waals surface area contributed by atoms with Crippen LogP contribution in [-0.4, -0.2) is 11.8 Å². The first-order valence-electron chi connectivity index (χ1n) is 8.46. The Hall–Kier alpha value is -3.45. The maximum Gasteiger partial charge on any atom is 0.248 e. The van der Waals surface area contributed by atoms with E-state index >= 15 is 0 Å². The van der Waals surface area contributed by atoms with Crippen LogP contribution >= 0.6 is 11.3 Å². The van der Waals surface area contributed by atoms with Crippen molar-refractivity contribution >= 4 is 46.3 Å². The Bertz CT molecular complexity index is 1020. The summed E-state index contributed by atoms with van der Waals surface area (Å²) in [5, 5.41) is 7.36. The number of amides is 2. The number of carbonyl (C=O) groups excluding carboxylic acids is 2. The Morgan fingerprint density at radius 2 is 1.93 bits per heavy atom. The van der Waals surface area contributed by atoms with Crippen molar-refractivity contribution in [3.63, 3.8) is 0 Å². The van der Waals surface area contributed by atoms with E-state index in [4.69, 9.17) is 5.73 Å². The molecule has 28 heavy (non-hydrogen) atoms. The molecule has 4 N–H and O–H groups in total. The van der Waals surface area contributed by atoms with E-state index < -0.39 is 11.7 Å². The summed E-state index contributed by atoms with van der Waals surface area (Å²) in [4.78, 5) is 25.1. The van der Waals surface area contributed by atoms with E-state index in [2.05, 4.69) is 10.6 Å². The summed E-state index contributed by atoms with van der Waals surface area (Å²) in [5.74, 6) is -0.970. The smallest absolute Gasteiger partial charge is 0.248 e. The van der Waals surface area contributed by atoms with Crippen LogP contribution in [0.25, 0.3) is 6.08 Å². The average Bonchev–Trinajstić information content (AvgIpc) is 3.15. The fourth-order valence-corrected chi connectivity index (χ4v) is 3.19. The quantitative estimate of drug-likeness (QED) is 0.430. The fourth-order valence-electron chi connectivity index (χ4n) is 2.49. The second-order valence-electron chi connectivity index (χ2n) is 5.98. The van der Waals surface area contributed by atoms with Gasteiger partial charge in [0, 0.05) is 16.6 Å². The Kier molecular flexibility index (Phi) is 6.18. The van der Waals surface area contributed by atoms with Crippen LogP contribution in [0.1, 0.15) is 10.4 Å². The summed E-state index contributed by atoms with van der Waals surface area (Å²) in [6.45, 7) is 0. The van der Waals surface area contributed by atoms with Gasteiger partial charge in [-0.2, -0.15) is 0 Å². The average molecular weight is 395 g/mol. The summed E-state index contributed by atoms with van der Waals surface area (Å²) < 4.78 is 13.1. The maximum atomic E-state index is 13.1. The predicted octanol–water partition coefficient (Wildman–Crippen LogP) is 4.30. The lowest BCUT2D eigenvalue weighted by molar-refractivity contribution is -0.115. The largest absolute Gasteiger partial charge is 0.397 e. The van der Waals surface area contributed by atoms with E-state index in [0.717, 1.165) is 16.5 Å². The number of nitrogen functional groups attached to an aromatic ring is 1. The van der Waals surface area contributed by atoms with Crippen LogP contribution in [0.4, 0.5) is 21.5 Å². The number of halogens is 1. The number of nitrogens with two attached hydrogens (primary N) is 1. The summed E-state index contributed by atoms with van der Waals surface area (Å²) >= 11 is 1.53. The zero-order valence-electron chi connectivity index (χ0n) is 14.8. The van der Waals surface area contributed by atoms with Gasteiger partial charge in [0.15, 0.2) is 0 Å². The van der Waals surface area contributed by atoms with Gasteiger partial charge in [-0.25, -0.2) is 4.39 Å². The van der Waals surface area contributed by atoms with Gasteiger partial charge in [0.1, 0.15) is 5.82 Å². The molecule has 142 valence electrons. The Morgan fingerprint density at radius 3 is 2.68 bits per heavy atom. The number of hydrogen-bond donors (Lipinski definition) is 3. The van der Waals surface area contributed by atoms with Gasteiger partial charge in [-0.1, -0.05) is 18.2 Å². The molecule has 0 unspecified atom stereocenters. The Labute approximate surface area is 165 Å². The van der Waals surface area contributed by atoms with Crippen molar-refractivity contribution < 1.29 is 14.0 Å². The van der Waals surface area contributed by atoms with Crippen molar-refractivity contribution in [3.05, 3.63) is 82.3 Å². The molecule has 2 amide bonds. The van der Waals surface area contributed by atoms with E-state index in [9.17, 15) is 14.0 Å². The SMILES string of the molecule is Nc1cc(F)ccc1NC(=O)/C=C/c1cccc(NC(=O)Cc2cccs2)c1. The van der Waals surface area contributed by atoms with Gasteiger partial charge in [0.2, 0.25) is 11.8 Å². The summed E-state index contributed by atoms with van der Waals surface area (Å²) in [5.41, 5.74) is 7.55. The zero-order chi connectivity index (χ0) is 19.9. The van der Waals surface area contributed by atoms with E-state index in [-0.39, 0.29) is 11.6 Å². The molecule has 1 aromatic heterocycles. The standard InChI is InChI=1S/C21H18FN3O2S/c22-15-7-8-19(18(23)12-15)25-20(26)9-6-14-3-1-4-16(11-14)24-21(27)13-17-5-2-10-28-17/h1-12H,13,23H2,(H,24,27)(H,25,26)/b9-6+. The minimum Gasteiger partial charge on any atom is -0.397 e. The highest BCUT2D eigenvalue weighted by Gasteiger charge is 2.06. The molecule has 0 radical (unpaired) electrons. The second-order valence-corrected chi connectivity index (χ2v) is 7.02. The molecule has 0 saturated carbocycles. The molecule has 2 aromatic carbocycles. The Balaban J connectivity index is 1.60. The van der Waals surface area contributed by atoms with Gasteiger partial charge in [0.05, 0.1) is 17.8 Å². The van der Waals surface area contributed by atoms with Crippen molar-refractivity contribution in [3.8, 4) is 0 Å². The lowest BCUT2D eigenvalue weighted by Gasteiger charge is -2.06. The van der Waals surface area contributed by atoms with Crippen LogP contribution in [0.5, 0.6) is 0 Å². The number of rotatable bonds is 6. The van der Waals surface area contributed by atoms with Gasteiger partial charge >= 0.3 is 0 Å². The molecule has 0 aliphatic rings. The molecule has 3 aromatic rings. The van der Waals surface area contributed by atoms with Gasteiger partial charge in [-0.05, 0) is 53.4 Å². The number of anilines is 3. The lowest BCUT2D eigenvalue weighted by atomic mass is 10.1. The van der Waals surface area contributed by atoms with Gasteiger partial charge in [-0.3, -0.25) is 9.59 Å². The van der Waals surface area contributed by atoms with Gasteiger partial charge < -0.3 is 16.4 Å². The molecule has 0 aliphatic carbocycles. The summed E-state index contributed by atoms with van der Waals surface area (Å²) in [6.07, 6.45) is 3.28. The Morgan fingerprint density at radius 1 is 1.07 bits per heavy atom. The molecule has 5 nitrogen and oxygen atoms in total. The van der Waals surface area contributed by atoms with Crippen LogP contribution in [-0.2, 0) is 16.0 Å². The topological polar surface area (TPSA) is 84.2 Å². The van der Waals surface area contributed by atoms with Crippen molar-refractivity contribution in [2.24, 2.45) is 0 Å². The van der Waals surface area contributed by atoms with E-state index in [0.29, 0.717) is 17.8 Å². The zero-order valence-corrected chi connectivity index (χ0v) is 15.6. The summed E-state index contributed by atoms with van der Waals surface area (Å²) in [7, 11) is 0. The molecule has 1 heterocycles. The minimum atomic E-state index is -0.469. The van der Waals surface area contributed by atoms with E-state index in [1.54, 1.807) is 24.3 Å². The number of nitrogens with one attached hydrogen (secondary N) is 2. The molecule has 0 atom stereocenters. The molecule has 0 saturated heterocycles. The first kappa shape index (κ1) is 19.3. The molecular weight excluding hydrogens is 377 g/mol. The predicted molar refractivity (Wildman–Crippen MR) is 112 cm³/mol. The first-order valence-corrected chi connectivity index (χ1v) is 9.34. The van der Waals surface area contributed by atoms with E-state index in [1.807, 2.05) is 23.6 Å². The van der Waals surface area contributed by atoms with Gasteiger partial charge in [-0.15, -0.1) is 11.3 Å².